The van der Waals surface area contributed by atoms with Crippen LogP contribution < -0.4 is 5.32 Å². The van der Waals surface area contributed by atoms with Crippen molar-refractivity contribution in [1.82, 2.24) is 10.2 Å². The minimum Gasteiger partial charge on any atom is -0.465 e. The van der Waals surface area contributed by atoms with Crippen LogP contribution in [0.4, 0.5) is 0 Å². The summed E-state index contributed by atoms with van der Waals surface area (Å²) in [6.45, 7) is 11.7. The zero-order chi connectivity index (χ0) is 13.1. The standard InChI is InChI=1S/C14H26N2O/c1-11-12(7-13(17-11)8-15-5)9-16(6)10-14(2,3)4/h7,15H,8-10H2,1-6H3. The van der Waals surface area contributed by atoms with E-state index in [9.17, 15) is 0 Å². The summed E-state index contributed by atoms with van der Waals surface area (Å²) in [7, 11) is 4.10. The zero-order valence-corrected chi connectivity index (χ0v) is 12.1. The van der Waals surface area contributed by atoms with Crippen LogP contribution in [0.1, 0.15) is 37.9 Å². The molecule has 0 fully saturated rings. The molecule has 1 N–H and O–H groups in total. The maximum Gasteiger partial charge on any atom is 0.118 e. The molecule has 17 heavy (non-hydrogen) atoms. The van der Waals surface area contributed by atoms with Crippen molar-refractivity contribution in [3.05, 3.63) is 23.2 Å². The van der Waals surface area contributed by atoms with Crippen LogP contribution in [0.5, 0.6) is 0 Å². The molecule has 0 bridgehead atoms. The lowest BCUT2D eigenvalue weighted by Crippen LogP contribution is -2.28. The quantitative estimate of drug-likeness (QED) is 0.855. The highest BCUT2D eigenvalue weighted by molar-refractivity contribution is 5.20. The van der Waals surface area contributed by atoms with Crippen LogP contribution >= 0.6 is 0 Å². The van der Waals surface area contributed by atoms with Crippen molar-refractivity contribution in [3.8, 4) is 0 Å². The van der Waals surface area contributed by atoms with Crippen LogP contribution in [0.15, 0.2) is 10.5 Å². The number of nitrogens with zero attached hydrogens (tertiary/aromatic N) is 1. The molecule has 1 heterocycles. The minimum atomic E-state index is 0.334. The Labute approximate surface area is 105 Å². The number of hydrogen-bond acceptors (Lipinski definition) is 3. The van der Waals surface area contributed by atoms with E-state index in [2.05, 4.69) is 44.1 Å². The molecule has 0 aliphatic carbocycles. The van der Waals surface area contributed by atoms with Gasteiger partial charge >= 0.3 is 0 Å². The third-order valence-electron chi connectivity index (χ3n) is 2.61. The Bertz CT molecular complexity index is 350. The molecule has 0 spiro atoms. The normalized spacial score (nSPS) is 12.4. The summed E-state index contributed by atoms with van der Waals surface area (Å²) >= 11 is 0. The Morgan fingerprint density at radius 3 is 2.53 bits per heavy atom. The molecular weight excluding hydrogens is 212 g/mol. The lowest BCUT2D eigenvalue weighted by Gasteiger charge is -2.26. The molecule has 98 valence electrons. The Kier molecular flexibility index (Phi) is 4.78. The first kappa shape index (κ1) is 14.3. The molecule has 0 aliphatic heterocycles. The topological polar surface area (TPSA) is 28.4 Å². The van der Waals surface area contributed by atoms with Gasteiger partial charge in [0.1, 0.15) is 11.5 Å². The fraction of sp³-hybridized carbons (Fsp3) is 0.714. The van der Waals surface area contributed by atoms with Gasteiger partial charge in [-0.1, -0.05) is 20.8 Å². The van der Waals surface area contributed by atoms with Crippen LogP contribution in [-0.4, -0.2) is 25.5 Å². The van der Waals surface area contributed by atoms with Gasteiger partial charge in [0.15, 0.2) is 0 Å². The van der Waals surface area contributed by atoms with E-state index in [1.54, 1.807) is 0 Å². The summed E-state index contributed by atoms with van der Waals surface area (Å²) in [5, 5.41) is 3.11. The first-order chi connectivity index (χ1) is 7.81. The van der Waals surface area contributed by atoms with Crippen molar-refractivity contribution in [2.24, 2.45) is 5.41 Å². The van der Waals surface area contributed by atoms with Gasteiger partial charge in [-0.3, -0.25) is 0 Å². The van der Waals surface area contributed by atoms with Crippen molar-refractivity contribution in [3.63, 3.8) is 0 Å². The van der Waals surface area contributed by atoms with Crippen LogP contribution in [0, 0.1) is 12.3 Å². The maximum atomic E-state index is 5.70. The zero-order valence-electron chi connectivity index (χ0n) is 12.1. The third kappa shape index (κ3) is 4.92. The average molecular weight is 238 g/mol. The van der Waals surface area contributed by atoms with Gasteiger partial charge in [0.05, 0.1) is 6.54 Å². The van der Waals surface area contributed by atoms with E-state index in [0.29, 0.717) is 5.41 Å². The molecule has 1 aromatic rings. The first-order valence-corrected chi connectivity index (χ1v) is 6.23. The van der Waals surface area contributed by atoms with Crippen molar-refractivity contribution in [2.75, 3.05) is 20.6 Å². The SMILES string of the molecule is CNCc1cc(CN(C)CC(C)(C)C)c(C)o1. The Morgan fingerprint density at radius 2 is 2.00 bits per heavy atom. The largest absolute Gasteiger partial charge is 0.465 e. The predicted octanol–water partition coefficient (Wildman–Crippen LogP) is 2.79. The average Bonchev–Trinajstić information content (AvgIpc) is 2.44. The summed E-state index contributed by atoms with van der Waals surface area (Å²) in [5.74, 6) is 2.06. The summed E-state index contributed by atoms with van der Waals surface area (Å²) in [6.07, 6.45) is 0. The van der Waals surface area contributed by atoms with Crippen LogP contribution in [0.2, 0.25) is 0 Å². The minimum absolute atomic E-state index is 0.334. The van der Waals surface area contributed by atoms with Gasteiger partial charge in [0, 0.05) is 18.7 Å². The molecule has 1 rings (SSSR count). The molecule has 0 aromatic carbocycles. The Morgan fingerprint density at radius 1 is 1.35 bits per heavy atom. The van der Waals surface area contributed by atoms with Gasteiger partial charge in [-0.15, -0.1) is 0 Å². The van der Waals surface area contributed by atoms with Gasteiger partial charge in [0.25, 0.3) is 0 Å². The molecule has 1 aromatic heterocycles. The Balaban J connectivity index is 2.61. The third-order valence-corrected chi connectivity index (χ3v) is 2.61. The second-order valence-electron chi connectivity index (χ2n) is 6.06. The van der Waals surface area contributed by atoms with E-state index in [0.717, 1.165) is 31.2 Å². The fourth-order valence-electron chi connectivity index (χ4n) is 2.16. The predicted molar refractivity (Wildman–Crippen MR) is 72.0 cm³/mol. The number of hydrogen-bond donors (Lipinski definition) is 1. The van der Waals surface area contributed by atoms with Gasteiger partial charge in [-0.05, 0) is 32.5 Å². The highest BCUT2D eigenvalue weighted by Gasteiger charge is 2.15. The highest BCUT2D eigenvalue weighted by Crippen LogP contribution is 2.19. The monoisotopic (exact) mass is 238 g/mol. The van der Waals surface area contributed by atoms with Crippen LogP contribution in [-0.2, 0) is 13.1 Å². The summed E-state index contributed by atoms with van der Waals surface area (Å²) < 4.78 is 5.70. The summed E-state index contributed by atoms with van der Waals surface area (Å²) in [6, 6.07) is 2.16. The summed E-state index contributed by atoms with van der Waals surface area (Å²) in [5.41, 5.74) is 1.63. The second kappa shape index (κ2) is 5.69. The molecule has 0 radical (unpaired) electrons. The number of aryl methyl sites for hydroxylation is 1. The van der Waals surface area contributed by atoms with Crippen molar-refractivity contribution >= 4 is 0 Å². The Hall–Kier alpha value is -0.800. The van der Waals surface area contributed by atoms with E-state index in [4.69, 9.17) is 4.42 Å². The van der Waals surface area contributed by atoms with Crippen LogP contribution in [0.25, 0.3) is 0 Å². The van der Waals surface area contributed by atoms with Crippen molar-refractivity contribution in [1.29, 1.82) is 0 Å². The number of nitrogens with one attached hydrogen (secondary N) is 1. The van der Waals surface area contributed by atoms with Gasteiger partial charge in [0.2, 0.25) is 0 Å². The molecule has 3 nitrogen and oxygen atoms in total. The highest BCUT2D eigenvalue weighted by atomic mass is 16.3. The van der Waals surface area contributed by atoms with E-state index in [-0.39, 0.29) is 0 Å². The van der Waals surface area contributed by atoms with E-state index < -0.39 is 0 Å². The molecule has 0 atom stereocenters. The fourth-order valence-corrected chi connectivity index (χ4v) is 2.16. The lowest BCUT2D eigenvalue weighted by atomic mass is 9.96. The van der Waals surface area contributed by atoms with E-state index >= 15 is 0 Å². The summed E-state index contributed by atoms with van der Waals surface area (Å²) in [4.78, 5) is 2.35. The smallest absolute Gasteiger partial charge is 0.118 e. The lowest BCUT2D eigenvalue weighted by molar-refractivity contribution is 0.220. The molecule has 0 unspecified atom stereocenters. The first-order valence-electron chi connectivity index (χ1n) is 6.23. The van der Waals surface area contributed by atoms with Gasteiger partial charge in [-0.25, -0.2) is 0 Å². The second-order valence-corrected chi connectivity index (χ2v) is 6.06. The van der Waals surface area contributed by atoms with Crippen LogP contribution in [0.3, 0.4) is 0 Å². The number of furan rings is 1. The maximum absolute atomic E-state index is 5.70. The molecular formula is C14H26N2O. The molecule has 0 amide bonds. The molecule has 0 aliphatic rings. The van der Waals surface area contributed by atoms with E-state index in [1.807, 2.05) is 14.0 Å². The van der Waals surface area contributed by atoms with Crippen molar-refractivity contribution in [2.45, 2.75) is 40.8 Å². The van der Waals surface area contributed by atoms with E-state index in [1.165, 1.54) is 5.56 Å². The van der Waals surface area contributed by atoms with Gasteiger partial charge < -0.3 is 14.6 Å². The molecule has 0 saturated heterocycles. The van der Waals surface area contributed by atoms with Gasteiger partial charge in [-0.2, -0.15) is 0 Å². The number of rotatable bonds is 5. The molecule has 0 saturated carbocycles. The molecule has 3 heteroatoms. The van der Waals surface area contributed by atoms with Crippen molar-refractivity contribution < 1.29 is 4.42 Å².